The minimum Gasteiger partial charge on any atom is -0.493 e. The van der Waals surface area contributed by atoms with E-state index in [2.05, 4.69) is 15.3 Å². The lowest BCUT2D eigenvalue weighted by atomic mass is 10.1. The van der Waals surface area contributed by atoms with Crippen molar-refractivity contribution < 1.29 is 14.3 Å². The summed E-state index contributed by atoms with van der Waals surface area (Å²) >= 11 is 7.48. The van der Waals surface area contributed by atoms with Crippen LogP contribution in [0, 0.1) is 0 Å². The molecule has 1 aromatic heterocycles. The molecule has 0 fully saturated rings. The van der Waals surface area contributed by atoms with Crippen LogP contribution < -0.4 is 19.7 Å². The van der Waals surface area contributed by atoms with Crippen LogP contribution in [0.3, 0.4) is 0 Å². The summed E-state index contributed by atoms with van der Waals surface area (Å²) in [4.78, 5) is 23.0. The van der Waals surface area contributed by atoms with E-state index in [1.807, 2.05) is 60.5 Å². The molecule has 0 aliphatic heterocycles. The van der Waals surface area contributed by atoms with Crippen molar-refractivity contribution in [2.24, 2.45) is 0 Å². The molecule has 0 saturated carbocycles. The van der Waals surface area contributed by atoms with Crippen molar-refractivity contribution >= 4 is 35.1 Å². The van der Waals surface area contributed by atoms with Gasteiger partial charge in [0.25, 0.3) is 0 Å². The molecular formula is C24H27ClN4O3S. The third-order valence-corrected chi connectivity index (χ3v) is 5.94. The molecular weight excluding hydrogens is 460 g/mol. The maximum Gasteiger partial charge on any atom is 0.230 e. The van der Waals surface area contributed by atoms with Crippen molar-refractivity contribution in [2.45, 2.75) is 18.1 Å². The molecule has 0 aliphatic carbocycles. The Morgan fingerprint density at radius 3 is 2.52 bits per heavy atom. The summed E-state index contributed by atoms with van der Waals surface area (Å²) in [5.74, 6) is 2.22. The molecule has 2 aromatic carbocycles. The Morgan fingerprint density at radius 2 is 1.79 bits per heavy atom. The van der Waals surface area contributed by atoms with Gasteiger partial charge in [-0.1, -0.05) is 59.8 Å². The number of halogens is 1. The average molecular weight is 487 g/mol. The molecule has 0 bridgehead atoms. The number of ether oxygens (including phenoxy) is 2. The molecule has 0 saturated heterocycles. The van der Waals surface area contributed by atoms with Crippen LogP contribution in [0.2, 0.25) is 5.15 Å². The van der Waals surface area contributed by atoms with Crippen LogP contribution in [0.5, 0.6) is 11.5 Å². The molecule has 0 radical (unpaired) electrons. The van der Waals surface area contributed by atoms with Crippen molar-refractivity contribution in [3.05, 3.63) is 70.9 Å². The Morgan fingerprint density at radius 1 is 1.03 bits per heavy atom. The average Bonchev–Trinajstić information content (AvgIpc) is 2.84. The van der Waals surface area contributed by atoms with E-state index < -0.39 is 0 Å². The molecule has 0 unspecified atom stereocenters. The van der Waals surface area contributed by atoms with E-state index >= 15 is 0 Å². The number of methoxy groups -OCH3 is 2. The van der Waals surface area contributed by atoms with E-state index in [4.69, 9.17) is 21.1 Å². The fourth-order valence-corrected chi connectivity index (χ4v) is 3.98. The number of aromatic nitrogens is 2. The SMILES string of the molecule is COc1ccc(CCN(C)c2cc(Cl)nc(SCC(=O)NCc3ccccc3)n2)cc1OC. The third kappa shape index (κ3) is 7.54. The van der Waals surface area contributed by atoms with Gasteiger partial charge in [-0.25, -0.2) is 9.97 Å². The number of hydrogen-bond donors (Lipinski definition) is 1. The molecule has 0 spiro atoms. The smallest absolute Gasteiger partial charge is 0.230 e. The van der Waals surface area contributed by atoms with Crippen LogP contribution in [-0.4, -0.2) is 49.4 Å². The first-order valence-electron chi connectivity index (χ1n) is 10.4. The lowest BCUT2D eigenvalue weighted by Crippen LogP contribution is -2.25. The zero-order valence-corrected chi connectivity index (χ0v) is 20.4. The van der Waals surface area contributed by atoms with Gasteiger partial charge in [-0.15, -0.1) is 0 Å². The molecule has 1 heterocycles. The Hall–Kier alpha value is -2.97. The van der Waals surface area contributed by atoms with Gasteiger partial charge in [0.15, 0.2) is 16.7 Å². The summed E-state index contributed by atoms with van der Waals surface area (Å²) in [5.41, 5.74) is 2.16. The Labute approximate surface area is 203 Å². The van der Waals surface area contributed by atoms with E-state index in [1.54, 1.807) is 20.3 Å². The molecule has 0 atom stereocenters. The number of thioether (sulfide) groups is 1. The van der Waals surface area contributed by atoms with Gasteiger partial charge in [0.1, 0.15) is 11.0 Å². The second kappa shape index (κ2) is 12.3. The number of rotatable bonds is 11. The van der Waals surface area contributed by atoms with Crippen molar-refractivity contribution in [1.82, 2.24) is 15.3 Å². The number of anilines is 1. The maximum absolute atomic E-state index is 12.2. The van der Waals surface area contributed by atoms with Crippen LogP contribution in [0.1, 0.15) is 11.1 Å². The van der Waals surface area contributed by atoms with Gasteiger partial charge in [0.2, 0.25) is 5.91 Å². The minimum absolute atomic E-state index is 0.0872. The first-order chi connectivity index (χ1) is 16.0. The molecule has 3 aromatic rings. The number of carbonyl (C=O) groups excluding carboxylic acids is 1. The quantitative estimate of drug-likeness (QED) is 0.247. The summed E-state index contributed by atoms with van der Waals surface area (Å²) in [5, 5.41) is 3.70. The highest BCUT2D eigenvalue weighted by atomic mass is 35.5. The Balaban J connectivity index is 1.54. The fourth-order valence-electron chi connectivity index (χ4n) is 3.07. The van der Waals surface area contributed by atoms with E-state index in [-0.39, 0.29) is 11.7 Å². The molecule has 9 heteroatoms. The Bertz CT molecular complexity index is 1070. The van der Waals surface area contributed by atoms with Crippen LogP contribution >= 0.6 is 23.4 Å². The van der Waals surface area contributed by atoms with E-state index in [1.165, 1.54) is 11.8 Å². The predicted octanol–water partition coefficient (Wildman–Crippen LogP) is 4.23. The first kappa shape index (κ1) is 24.7. The highest BCUT2D eigenvalue weighted by Crippen LogP contribution is 2.28. The standard InChI is InChI=1S/C24H27ClN4O3S/c1-29(12-11-17-9-10-19(31-2)20(13-17)32-3)22-14-21(25)27-24(28-22)33-16-23(30)26-15-18-7-5-4-6-8-18/h4-10,13-14H,11-12,15-16H2,1-3H3,(H,26,30). The minimum atomic E-state index is -0.0872. The van der Waals surface area contributed by atoms with Crippen LogP contribution in [-0.2, 0) is 17.8 Å². The summed E-state index contributed by atoms with van der Waals surface area (Å²) in [6.07, 6.45) is 0.781. The lowest BCUT2D eigenvalue weighted by molar-refractivity contribution is -0.118. The number of carbonyl (C=O) groups is 1. The second-order valence-corrected chi connectivity index (χ2v) is 8.57. The highest BCUT2D eigenvalue weighted by molar-refractivity contribution is 7.99. The van der Waals surface area contributed by atoms with E-state index in [9.17, 15) is 4.79 Å². The van der Waals surface area contributed by atoms with E-state index in [0.29, 0.717) is 40.7 Å². The first-order valence-corrected chi connectivity index (χ1v) is 11.7. The van der Waals surface area contributed by atoms with Gasteiger partial charge in [-0.05, 0) is 29.7 Å². The summed E-state index contributed by atoms with van der Waals surface area (Å²) in [6, 6.07) is 17.4. The predicted molar refractivity (Wildman–Crippen MR) is 133 cm³/mol. The second-order valence-electron chi connectivity index (χ2n) is 7.24. The lowest BCUT2D eigenvalue weighted by Gasteiger charge is -2.19. The summed E-state index contributed by atoms with van der Waals surface area (Å²) in [7, 11) is 5.19. The fraction of sp³-hybridized carbons (Fsp3) is 0.292. The van der Waals surface area contributed by atoms with Gasteiger partial charge in [0, 0.05) is 26.2 Å². The van der Waals surface area contributed by atoms with Crippen molar-refractivity contribution in [2.75, 3.05) is 38.5 Å². The normalized spacial score (nSPS) is 10.5. The van der Waals surface area contributed by atoms with E-state index in [0.717, 1.165) is 17.5 Å². The number of benzene rings is 2. The number of nitrogens with one attached hydrogen (secondary N) is 1. The summed E-state index contributed by atoms with van der Waals surface area (Å²) < 4.78 is 10.7. The number of amides is 1. The molecule has 1 amide bonds. The monoisotopic (exact) mass is 486 g/mol. The van der Waals surface area contributed by atoms with Crippen molar-refractivity contribution in [3.8, 4) is 11.5 Å². The summed E-state index contributed by atoms with van der Waals surface area (Å²) in [6.45, 7) is 1.20. The molecule has 0 aliphatic rings. The molecule has 7 nitrogen and oxygen atoms in total. The van der Waals surface area contributed by atoms with Crippen LogP contribution in [0.15, 0.2) is 59.8 Å². The zero-order chi connectivity index (χ0) is 23.6. The van der Waals surface area contributed by atoms with Crippen LogP contribution in [0.25, 0.3) is 0 Å². The van der Waals surface area contributed by atoms with Gasteiger partial charge < -0.3 is 19.7 Å². The van der Waals surface area contributed by atoms with Gasteiger partial charge in [-0.3, -0.25) is 4.79 Å². The molecule has 1 N–H and O–H groups in total. The van der Waals surface area contributed by atoms with Crippen molar-refractivity contribution in [1.29, 1.82) is 0 Å². The zero-order valence-electron chi connectivity index (χ0n) is 18.9. The van der Waals surface area contributed by atoms with Gasteiger partial charge >= 0.3 is 0 Å². The van der Waals surface area contributed by atoms with Crippen LogP contribution in [0.4, 0.5) is 5.82 Å². The van der Waals surface area contributed by atoms with Gasteiger partial charge in [-0.2, -0.15) is 0 Å². The molecule has 3 rings (SSSR count). The molecule has 174 valence electrons. The maximum atomic E-state index is 12.2. The highest BCUT2D eigenvalue weighted by Gasteiger charge is 2.11. The van der Waals surface area contributed by atoms with Crippen molar-refractivity contribution in [3.63, 3.8) is 0 Å². The third-order valence-electron chi connectivity index (χ3n) is 4.90. The number of nitrogens with zero attached hydrogens (tertiary/aromatic N) is 3. The number of likely N-dealkylation sites (N-methyl/N-ethyl adjacent to an activating group) is 1. The largest absolute Gasteiger partial charge is 0.493 e. The topological polar surface area (TPSA) is 76.6 Å². The van der Waals surface area contributed by atoms with Gasteiger partial charge in [0.05, 0.1) is 20.0 Å². The number of hydrogen-bond acceptors (Lipinski definition) is 7. The molecule has 33 heavy (non-hydrogen) atoms. The Kier molecular flexibility index (Phi) is 9.21.